The van der Waals surface area contributed by atoms with Crippen molar-refractivity contribution >= 4 is 17.2 Å². The van der Waals surface area contributed by atoms with Crippen LogP contribution in [0.1, 0.15) is 29.3 Å². The fraction of sp³-hybridized carbons (Fsp3) is 0.500. The summed E-state index contributed by atoms with van der Waals surface area (Å²) in [6, 6.07) is 2.39. The predicted octanol–water partition coefficient (Wildman–Crippen LogP) is 2.05. The first-order chi connectivity index (χ1) is 9.74. The third-order valence-electron chi connectivity index (χ3n) is 3.87. The number of hydrogen-bond donors (Lipinski definition) is 0. The maximum atomic E-state index is 12.3. The fourth-order valence-electron chi connectivity index (χ4n) is 2.64. The van der Waals surface area contributed by atoms with E-state index >= 15 is 0 Å². The van der Waals surface area contributed by atoms with Crippen molar-refractivity contribution in [2.45, 2.75) is 32.2 Å². The molecule has 1 atom stereocenters. The number of carbonyl (C=O) groups is 1. The van der Waals surface area contributed by atoms with Crippen LogP contribution in [0, 0.1) is 6.92 Å². The normalized spacial score (nSPS) is 18.6. The lowest BCUT2D eigenvalue weighted by molar-refractivity contribution is -0.130. The lowest BCUT2D eigenvalue weighted by Crippen LogP contribution is -2.29. The van der Waals surface area contributed by atoms with E-state index in [0.29, 0.717) is 6.42 Å². The molecule has 1 fully saturated rings. The number of rotatable bonds is 4. The maximum Gasteiger partial charge on any atom is 0.223 e. The average Bonchev–Trinajstić information content (AvgIpc) is 3.17. The highest BCUT2D eigenvalue weighted by molar-refractivity contribution is 7.10. The summed E-state index contributed by atoms with van der Waals surface area (Å²) in [6.07, 6.45) is 5.98. The molecule has 3 rings (SSSR count). The highest BCUT2D eigenvalue weighted by Gasteiger charge is 2.27. The number of nitrogens with zero attached hydrogens (tertiary/aromatic N) is 4. The van der Waals surface area contributed by atoms with Gasteiger partial charge in [0.25, 0.3) is 0 Å². The molecule has 0 saturated carbocycles. The van der Waals surface area contributed by atoms with Crippen molar-refractivity contribution in [2.24, 2.45) is 0 Å². The van der Waals surface area contributed by atoms with Crippen molar-refractivity contribution in [2.75, 3.05) is 13.1 Å². The SMILES string of the molecule is Cc1ccsc1CCC(=O)N1CC[C@H](n2ccnn2)C1. The standard InChI is InChI=1S/C14H18N4OS/c1-11-5-9-20-13(11)2-3-14(19)17-7-4-12(10-17)18-8-6-15-16-18/h5-6,8-9,12H,2-4,7,10H2,1H3/t12-/m0/s1. The van der Waals surface area contributed by atoms with Gasteiger partial charge < -0.3 is 4.90 Å². The number of hydrogen-bond acceptors (Lipinski definition) is 4. The number of amides is 1. The molecule has 106 valence electrons. The van der Waals surface area contributed by atoms with E-state index in [1.54, 1.807) is 17.5 Å². The van der Waals surface area contributed by atoms with E-state index < -0.39 is 0 Å². The van der Waals surface area contributed by atoms with E-state index in [0.717, 1.165) is 25.9 Å². The Kier molecular flexibility index (Phi) is 3.82. The molecule has 3 heterocycles. The van der Waals surface area contributed by atoms with Crippen LogP contribution >= 0.6 is 11.3 Å². The Bertz CT molecular complexity index is 578. The number of aryl methyl sites for hydroxylation is 2. The van der Waals surface area contributed by atoms with Crippen LogP contribution in [0.25, 0.3) is 0 Å². The maximum absolute atomic E-state index is 12.3. The van der Waals surface area contributed by atoms with Crippen LogP contribution in [0.4, 0.5) is 0 Å². The molecule has 1 aliphatic rings. The minimum Gasteiger partial charge on any atom is -0.340 e. The van der Waals surface area contributed by atoms with Crippen LogP contribution < -0.4 is 0 Å². The van der Waals surface area contributed by atoms with Crippen molar-refractivity contribution in [1.82, 2.24) is 19.9 Å². The second-order valence-corrected chi connectivity index (χ2v) is 6.19. The van der Waals surface area contributed by atoms with Gasteiger partial charge in [-0.3, -0.25) is 4.79 Å². The summed E-state index contributed by atoms with van der Waals surface area (Å²) in [7, 11) is 0. The Balaban J connectivity index is 1.53. The molecule has 0 radical (unpaired) electrons. The molecule has 0 aliphatic carbocycles. The lowest BCUT2D eigenvalue weighted by atomic mass is 10.2. The summed E-state index contributed by atoms with van der Waals surface area (Å²) in [6.45, 7) is 3.69. The Morgan fingerprint density at radius 2 is 2.45 bits per heavy atom. The largest absolute Gasteiger partial charge is 0.340 e. The van der Waals surface area contributed by atoms with Crippen molar-refractivity contribution < 1.29 is 4.79 Å². The highest BCUT2D eigenvalue weighted by atomic mass is 32.1. The van der Waals surface area contributed by atoms with E-state index in [9.17, 15) is 4.79 Å². The van der Waals surface area contributed by atoms with Gasteiger partial charge in [0, 0.05) is 30.6 Å². The number of likely N-dealkylation sites (tertiary alicyclic amines) is 1. The molecule has 0 aromatic carbocycles. The second kappa shape index (κ2) is 5.75. The zero-order valence-corrected chi connectivity index (χ0v) is 12.3. The minimum absolute atomic E-state index is 0.250. The molecule has 6 heteroatoms. The van der Waals surface area contributed by atoms with E-state index in [1.165, 1.54) is 10.4 Å². The Morgan fingerprint density at radius 1 is 1.55 bits per heavy atom. The summed E-state index contributed by atoms with van der Waals surface area (Å²) in [4.78, 5) is 15.5. The third kappa shape index (κ3) is 2.75. The molecule has 20 heavy (non-hydrogen) atoms. The van der Waals surface area contributed by atoms with E-state index in [1.807, 2.05) is 15.8 Å². The van der Waals surface area contributed by atoms with Gasteiger partial charge in [0.2, 0.25) is 5.91 Å². The summed E-state index contributed by atoms with van der Waals surface area (Å²) in [5, 5.41) is 9.94. The summed E-state index contributed by atoms with van der Waals surface area (Å²) >= 11 is 1.74. The minimum atomic E-state index is 0.250. The molecule has 0 unspecified atom stereocenters. The average molecular weight is 290 g/mol. The molecule has 1 aliphatic heterocycles. The number of thiophene rings is 1. The Labute approximate surface area is 122 Å². The van der Waals surface area contributed by atoms with Gasteiger partial charge in [-0.2, -0.15) is 0 Å². The first kappa shape index (κ1) is 13.3. The smallest absolute Gasteiger partial charge is 0.223 e. The summed E-state index contributed by atoms with van der Waals surface area (Å²) < 4.78 is 1.86. The van der Waals surface area contributed by atoms with Crippen molar-refractivity contribution in [1.29, 1.82) is 0 Å². The van der Waals surface area contributed by atoms with Gasteiger partial charge in [-0.25, -0.2) is 4.68 Å². The lowest BCUT2D eigenvalue weighted by Gasteiger charge is -2.16. The van der Waals surface area contributed by atoms with E-state index in [2.05, 4.69) is 28.7 Å². The molecular weight excluding hydrogens is 272 g/mol. The quantitative estimate of drug-likeness (QED) is 0.866. The third-order valence-corrected chi connectivity index (χ3v) is 4.95. The molecular formula is C14H18N4OS. The van der Waals surface area contributed by atoms with Crippen LogP contribution in [0.3, 0.4) is 0 Å². The van der Waals surface area contributed by atoms with Gasteiger partial charge in [0.05, 0.1) is 12.2 Å². The second-order valence-electron chi connectivity index (χ2n) is 5.19. The van der Waals surface area contributed by atoms with E-state index in [4.69, 9.17) is 0 Å². The van der Waals surface area contributed by atoms with Crippen LogP contribution in [-0.2, 0) is 11.2 Å². The predicted molar refractivity (Wildman–Crippen MR) is 77.6 cm³/mol. The number of carbonyl (C=O) groups excluding carboxylic acids is 1. The zero-order chi connectivity index (χ0) is 13.9. The van der Waals surface area contributed by atoms with Crippen molar-refractivity contribution in [3.8, 4) is 0 Å². The van der Waals surface area contributed by atoms with Gasteiger partial charge in [0.1, 0.15) is 0 Å². The van der Waals surface area contributed by atoms with Gasteiger partial charge in [-0.15, -0.1) is 16.4 Å². The van der Waals surface area contributed by atoms with Crippen LogP contribution in [-0.4, -0.2) is 38.9 Å². The molecule has 2 aromatic rings. The van der Waals surface area contributed by atoms with Gasteiger partial charge in [0.15, 0.2) is 0 Å². The molecule has 5 nitrogen and oxygen atoms in total. The van der Waals surface area contributed by atoms with Gasteiger partial charge in [-0.1, -0.05) is 5.21 Å². The molecule has 1 saturated heterocycles. The van der Waals surface area contributed by atoms with Crippen molar-refractivity contribution in [3.05, 3.63) is 34.3 Å². The Morgan fingerprint density at radius 3 is 3.15 bits per heavy atom. The molecule has 0 N–H and O–H groups in total. The van der Waals surface area contributed by atoms with Crippen molar-refractivity contribution in [3.63, 3.8) is 0 Å². The van der Waals surface area contributed by atoms with Gasteiger partial charge >= 0.3 is 0 Å². The first-order valence-corrected chi connectivity index (χ1v) is 7.78. The van der Waals surface area contributed by atoms with Crippen LogP contribution in [0.5, 0.6) is 0 Å². The zero-order valence-electron chi connectivity index (χ0n) is 11.5. The Hall–Kier alpha value is -1.69. The van der Waals surface area contributed by atoms with Crippen LogP contribution in [0.2, 0.25) is 0 Å². The molecule has 2 aromatic heterocycles. The first-order valence-electron chi connectivity index (χ1n) is 6.90. The highest BCUT2D eigenvalue weighted by Crippen LogP contribution is 2.22. The monoisotopic (exact) mass is 290 g/mol. The summed E-state index contributed by atoms with van der Waals surface area (Å²) in [5.41, 5.74) is 1.30. The van der Waals surface area contributed by atoms with E-state index in [-0.39, 0.29) is 11.9 Å². The topological polar surface area (TPSA) is 51.0 Å². The number of aromatic nitrogens is 3. The molecule has 0 bridgehead atoms. The summed E-state index contributed by atoms with van der Waals surface area (Å²) in [5.74, 6) is 0.250. The fourth-order valence-corrected chi connectivity index (χ4v) is 3.55. The molecule has 0 spiro atoms. The molecule has 1 amide bonds. The van der Waals surface area contributed by atoms with Gasteiger partial charge in [-0.05, 0) is 36.8 Å². The van der Waals surface area contributed by atoms with Crippen LogP contribution in [0.15, 0.2) is 23.8 Å².